The molecule has 0 saturated carbocycles. The zero-order chi connectivity index (χ0) is 12.9. The molecular weight excluding hydrogens is 214 g/mol. The Hall–Kier alpha value is -2.02. The Morgan fingerprint density at radius 1 is 1.41 bits per heavy atom. The van der Waals surface area contributed by atoms with Crippen LogP contribution in [-0.4, -0.2) is 12.5 Å². The average Bonchev–Trinajstić information content (AvgIpc) is 2.30. The van der Waals surface area contributed by atoms with Gasteiger partial charge < -0.3 is 11.1 Å². The van der Waals surface area contributed by atoms with Gasteiger partial charge in [-0.15, -0.1) is 0 Å². The molecule has 4 nitrogen and oxygen atoms in total. The van der Waals surface area contributed by atoms with Gasteiger partial charge in [-0.05, 0) is 31.5 Å². The Morgan fingerprint density at radius 2 is 2.00 bits per heavy atom. The van der Waals surface area contributed by atoms with E-state index >= 15 is 0 Å². The Bertz CT molecular complexity index is 429. The molecule has 0 aliphatic rings. The Morgan fingerprint density at radius 3 is 2.53 bits per heavy atom. The van der Waals surface area contributed by atoms with E-state index in [0.717, 1.165) is 5.56 Å². The predicted octanol–water partition coefficient (Wildman–Crippen LogP) is 1.48. The lowest BCUT2D eigenvalue weighted by Crippen LogP contribution is -2.34. The molecule has 0 unspecified atom stereocenters. The van der Waals surface area contributed by atoms with Gasteiger partial charge in [0.2, 0.25) is 5.91 Å². The molecule has 90 valence electrons. The highest BCUT2D eigenvalue weighted by Crippen LogP contribution is 2.11. The lowest BCUT2D eigenvalue weighted by Gasteiger charge is -2.15. The second-order valence-corrected chi connectivity index (χ2v) is 4.69. The third kappa shape index (κ3) is 4.56. The fourth-order valence-electron chi connectivity index (χ4n) is 1.24. The minimum absolute atomic E-state index is 0.0851. The van der Waals surface area contributed by atoms with Crippen molar-refractivity contribution in [2.45, 2.75) is 20.3 Å². The lowest BCUT2D eigenvalue weighted by molar-refractivity contribution is -0.120. The summed E-state index contributed by atoms with van der Waals surface area (Å²) in [6.45, 7) is 3.93. The number of anilines is 1. The Labute approximate surface area is 101 Å². The highest BCUT2D eigenvalue weighted by Gasteiger charge is 2.17. The molecule has 0 saturated heterocycles. The van der Waals surface area contributed by atoms with Crippen LogP contribution in [0, 0.1) is 16.7 Å². The molecule has 1 aromatic rings. The van der Waals surface area contributed by atoms with Crippen LogP contribution >= 0.6 is 0 Å². The minimum Gasteiger partial charge on any atom is -0.399 e. The number of nitrogen functional groups attached to an aromatic ring is 1. The van der Waals surface area contributed by atoms with Crippen molar-refractivity contribution in [3.05, 3.63) is 29.8 Å². The summed E-state index contributed by atoms with van der Waals surface area (Å²) in [4.78, 5) is 11.6. The first-order valence-electron chi connectivity index (χ1n) is 5.45. The van der Waals surface area contributed by atoms with Crippen molar-refractivity contribution in [3.8, 4) is 6.07 Å². The molecule has 17 heavy (non-hydrogen) atoms. The van der Waals surface area contributed by atoms with Crippen LogP contribution in [0.2, 0.25) is 0 Å². The van der Waals surface area contributed by atoms with E-state index in [1.165, 1.54) is 0 Å². The highest BCUT2D eigenvalue weighted by atomic mass is 16.1. The molecule has 0 aliphatic heterocycles. The third-order valence-electron chi connectivity index (χ3n) is 2.37. The summed E-state index contributed by atoms with van der Waals surface area (Å²) in [5.41, 5.74) is 6.61. The standard InChI is InChI=1S/C13H17N3O/c1-13(2,8-14)9-16-12(17)7-10-3-5-11(15)6-4-10/h3-6H,7,9,15H2,1-2H3,(H,16,17). The SMILES string of the molecule is CC(C)(C#N)CNC(=O)Cc1ccc(N)cc1. The van der Waals surface area contributed by atoms with E-state index in [2.05, 4.69) is 11.4 Å². The molecule has 0 fully saturated rings. The zero-order valence-electron chi connectivity index (χ0n) is 10.2. The molecule has 0 aliphatic carbocycles. The van der Waals surface area contributed by atoms with Crippen LogP contribution in [0.3, 0.4) is 0 Å². The number of hydrogen-bond acceptors (Lipinski definition) is 3. The van der Waals surface area contributed by atoms with Gasteiger partial charge in [0.1, 0.15) is 0 Å². The van der Waals surface area contributed by atoms with Crippen LogP contribution in [0.1, 0.15) is 19.4 Å². The maximum Gasteiger partial charge on any atom is 0.224 e. The van der Waals surface area contributed by atoms with Crippen molar-refractivity contribution in [2.24, 2.45) is 5.41 Å². The molecule has 0 bridgehead atoms. The summed E-state index contributed by atoms with van der Waals surface area (Å²) < 4.78 is 0. The number of benzene rings is 1. The van der Waals surface area contributed by atoms with Gasteiger partial charge in [0.15, 0.2) is 0 Å². The average molecular weight is 231 g/mol. The summed E-state index contributed by atoms with van der Waals surface area (Å²) in [6, 6.07) is 9.32. The topological polar surface area (TPSA) is 78.9 Å². The first-order valence-corrected chi connectivity index (χ1v) is 5.45. The highest BCUT2D eigenvalue weighted by molar-refractivity contribution is 5.78. The number of nitrogens with one attached hydrogen (secondary N) is 1. The van der Waals surface area contributed by atoms with Crippen molar-refractivity contribution < 1.29 is 4.79 Å². The molecule has 4 heteroatoms. The summed E-state index contributed by atoms with van der Waals surface area (Å²) in [7, 11) is 0. The fraction of sp³-hybridized carbons (Fsp3) is 0.385. The maximum atomic E-state index is 11.6. The van der Waals surface area contributed by atoms with E-state index in [4.69, 9.17) is 11.0 Å². The van der Waals surface area contributed by atoms with Crippen molar-refractivity contribution >= 4 is 11.6 Å². The number of hydrogen-bond donors (Lipinski definition) is 2. The minimum atomic E-state index is -0.531. The number of nitriles is 1. The Balaban J connectivity index is 2.46. The monoisotopic (exact) mass is 231 g/mol. The van der Waals surface area contributed by atoms with Crippen LogP contribution in [0.5, 0.6) is 0 Å². The fourth-order valence-corrected chi connectivity index (χ4v) is 1.24. The van der Waals surface area contributed by atoms with Gasteiger partial charge in [0.05, 0.1) is 17.9 Å². The van der Waals surface area contributed by atoms with Gasteiger partial charge in [0, 0.05) is 12.2 Å². The van der Waals surface area contributed by atoms with E-state index in [1.807, 2.05) is 12.1 Å². The van der Waals surface area contributed by atoms with Crippen LogP contribution in [0.15, 0.2) is 24.3 Å². The molecular formula is C13H17N3O. The van der Waals surface area contributed by atoms with E-state index in [1.54, 1.807) is 26.0 Å². The van der Waals surface area contributed by atoms with Gasteiger partial charge >= 0.3 is 0 Å². The van der Waals surface area contributed by atoms with Gasteiger partial charge in [-0.3, -0.25) is 4.79 Å². The number of carbonyl (C=O) groups is 1. The number of rotatable bonds is 4. The van der Waals surface area contributed by atoms with Gasteiger partial charge in [-0.25, -0.2) is 0 Å². The normalized spacial score (nSPS) is 10.6. The molecule has 1 amide bonds. The van der Waals surface area contributed by atoms with Crippen molar-refractivity contribution in [1.82, 2.24) is 5.32 Å². The molecule has 0 aromatic heterocycles. The van der Waals surface area contributed by atoms with Gasteiger partial charge in [-0.2, -0.15) is 5.26 Å². The first kappa shape index (κ1) is 13.0. The van der Waals surface area contributed by atoms with Crippen LogP contribution in [0.25, 0.3) is 0 Å². The quantitative estimate of drug-likeness (QED) is 0.770. The third-order valence-corrected chi connectivity index (χ3v) is 2.37. The van der Waals surface area contributed by atoms with E-state index in [0.29, 0.717) is 18.7 Å². The molecule has 1 aromatic carbocycles. The van der Waals surface area contributed by atoms with E-state index < -0.39 is 5.41 Å². The Kier molecular flexibility index (Phi) is 4.11. The zero-order valence-corrected chi connectivity index (χ0v) is 10.2. The molecule has 0 heterocycles. The second kappa shape index (κ2) is 5.35. The molecule has 1 rings (SSSR count). The predicted molar refractivity (Wildman–Crippen MR) is 67.0 cm³/mol. The number of carbonyl (C=O) groups excluding carboxylic acids is 1. The van der Waals surface area contributed by atoms with E-state index in [9.17, 15) is 4.79 Å². The molecule has 0 spiro atoms. The van der Waals surface area contributed by atoms with Crippen LogP contribution in [-0.2, 0) is 11.2 Å². The molecule has 0 atom stereocenters. The van der Waals surface area contributed by atoms with Crippen molar-refractivity contribution in [3.63, 3.8) is 0 Å². The molecule has 0 radical (unpaired) electrons. The van der Waals surface area contributed by atoms with Gasteiger partial charge in [-0.1, -0.05) is 12.1 Å². The van der Waals surface area contributed by atoms with Crippen LogP contribution in [0.4, 0.5) is 5.69 Å². The largest absolute Gasteiger partial charge is 0.399 e. The first-order chi connectivity index (χ1) is 7.93. The smallest absolute Gasteiger partial charge is 0.224 e. The summed E-state index contributed by atoms with van der Waals surface area (Å²) >= 11 is 0. The maximum absolute atomic E-state index is 11.6. The summed E-state index contributed by atoms with van der Waals surface area (Å²) in [6.07, 6.45) is 0.307. The van der Waals surface area contributed by atoms with Gasteiger partial charge in [0.25, 0.3) is 0 Å². The number of nitrogens with two attached hydrogens (primary N) is 1. The second-order valence-electron chi connectivity index (χ2n) is 4.69. The number of amides is 1. The van der Waals surface area contributed by atoms with E-state index in [-0.39, 0.29) is 5.91 Å². The van der Waals surface area contributed by atoms with Crippen LogP contribution < -0.4 is 11.1 Å². The lowest BCUT2D eigenvalue weighted by atomic mass is 9.96. The van der Waals surface area contributed by atoms with Crippen molar-refractivity contribution in [2.75, 3.05) is 12.3 Å². The molecule has 3 N–H and O–H groups in total. The summed E-state index contributed by atoms with van der Waals surface area (Å²) in [5.74, 6) is -0.0851. The van der Waals surface area contributed by atoms with Crippen molar-refractivity contribution in [1.29, 1.82) is 5.26 Å². The number of nitrogens with zero attached hydrogens (tertiary/aromatic N) is 1. The summed E-state index contributed by atoms with van der Waals surface area (Å²) in [5, 5.41) is 11.6.